The van der Waals surface area contributed by atoms with E-state index in [-0.39, 0.29) is 24.4 Å². The van der Waals surface area contributed by atoms with E-state index in [4.69, 9.17) is 9.15 Å². The van der Waals surface area contributed by atoms with Gasteiger partial charge in [-0.1, -0.05) is 25.1 Å². The molecule has 1 N–H and O–H groups in total. The molecule has 1 atom stereocenters. The van der Waals surface area contributed by atoms with Crippen LogP contribution < -0.4 is 5.32 Å². The number of fused-ring (bicyclic) bond motifs is 1. The van der Waals surface area contributed by atoms with Gasteiger partial charge >= 0.3 is 0 Å². The highest BCUT2D eigenvalue weighted by Gasteiger charge is 2.26. The number of hydrogen-bond donors (Lipinski definition) is 1. The molecule has 23 heavy (non-hydrogen) atoms. The van der Waals surface area contributed by atoms with Crippen molar-refractivity contribution in [1.29, 1.82) is 0 Å². The fraction of sp³-hybridized carbons (Fsp3) is 0.471. The fourth-order valence-electron chi connectivity index (χ4n) is 2.89. The minimum Gasteiger partial charge on any atom is -0.461 e. The van der Waals surface area contributed by atoms with Crippen molar-refractivity contribution in [2.45, 2.75) is 26.0 Å². The van der Waals surface area contributed by atoms with Crippen LogP contribution in [0, 0.1) is 0 Å². The molecule has 1 aliphatic heterocycles. The number of ether oxygens (including phenoxy) is 1. The lowest BCUT2D eigenvalue weighted by Gasteiger charge is -2.27. The molecule has 1 aliphatic rings. The lowest BCUT2D eigenvalue weighted by Crippen LogP contribution is -2.48. The Bertz CT molecular complexity index is 665. The van der Waals surface area contributed by atoms with Crippen LogP contribution in [0.2, 0.25) is 0 Å². The maximum atomic E-state index is 12.5. The molecule has 2 heterocycles. The molecule has 0 radical (unpaired) electrons. The minimum absolute atomic E-state index is 0. The van der Waals surface area contributed by atoms with Gasteiger partial charge in [-0.15, -0.1) is 12.4 Å². The van der Waals surface area contributed by atoms with Gasteiger partial charge in [0.1, 0.15) is 17.4 Å². The number of benzene rings is 1. The number of nitrogens with zero attached hydrogens (tertiary/aromatic N) is 1. The van der Waals surface area contributed by atoms with Crippen molar-refractivity contribution in [3.05, 3.63) is 35.6 Å². The van der Waals surface area contributed by atoms with Gasteiger partial charge in [0.2, 0.25) is 0 Å². The summed E-state index contributed by atoms with van der Waals surface area (Å²) in [6.07, 6.45) is 0.426. The van der Waals surface area contributed by atoms with E-state index in [0.29, 0.717) is 19.7 Å². The van der Waals surface area contributed by atoms with Gasteiger partial charge in [0, 0.05) is 44.1 Å². The fourth-order valence-corrected chi connectivity index (χ4v) is 2.89. The molecular weight excluding hydrogens is 316 g/mol. The molecule has 1 aromatic carbocycles. The number of furan rings is 1. The average molecular weight is 339 g/mol. The second-order valence-corrected chi connectivity index (χ2v) is 5.61. The predicted molar refractivity (Wildman–Crippen MR) is 91.9 cm³/mol. The topological polar surface area (TPSA) is 54.7 Å². The number of aryl methyl sites for hydroxylation is 1. The van der Waals surface area contributed by atoms with Crippen LogP contribution >= 0.6 is 12.4 Å². The van der Waals surface area contributed by atoms with Crippen LogP contribution in [0.15, 0.2) is 28.7 Å². The third kappa shape index (κ3) is 3.68. The molecule has 126 valence electrons. The summed E-state index contributed by atoms with van der Waals surface area (Å²) < 4.78 is 11.4. The molecule has 1 unspecified atom stereocenters. The number of likely N-dealkylation sites (N-methyl/N-ethyl adjacent to an activating group) is 1. The summed E-state index contributed by atoms with van der Waals surface area (Å²) in [5.74, 6) is 0.961. The van der Waals surface area contributed by atoms with Crippen molar-refractivity contribution in [3.8, 4) is 0 Å². The Balaban J connectivity index is 0.00000192. The largest absolute Gasteiger partial charge is 0.461 e. The summed E-state index contributed by atoms with van der Waals surface area (Å²) in [4.78, 5) is 14.2. The second-order valence-electron chi connectivity index (χ2n) is 5.61. The SMILES string of the molecule is CCc1oc2ccccc2c1CN(C)C(=O)C1CNCCO1.Cl. The number of halogens is 1. The number of hydrogen-bond acceptors (Lipinski definition) is 4. The van der Waals surface area contributed by atoms with Crippen molar-refractivity contribution in [2.75, 3.05) is 26.7 Å². The van der Waals surface area contributed by atoms with Gasteiger partial charge in [-0.05, 0) is 6.07 Å². The Morgan fingerprint density at radius 1 is 1.39 bits per heavy atom. The molecule has 0 spiro atoms. The quantitative estimate of drug-likeness (QED) is 0.930. The average Bonchev–Trinajstić information content (AvgIpc) is 2.93. The van der Waals surface area contributed by atoms with E-state index in [0.717, 1.165) is 35.3 Å². The summed E-state index contributed by atoms with van der Waals surface area (Å²) in [7, 11) is 1.82. The number of carbonyl (C=O) groups excluding carboxylic acids is 1. The lowest BCUT2D eigenvalue weighted by atomic mass is 10.1. The van der Waals surface area contributed by atoms with Gasteiger partial charge in [0.15, 0.2) is 0 Å². The van der Waals surface area contributed by atoms with Crippen LogP contribution in [0.3, 0.4) is 0 Å². The minimum atomic E-state index is -0.387. The van der Waals surface area contributed by atoms with E-state index in [9.17, 15) is 4.79 Å². The Hall–Kier alpha value is -1.56. The standard InChI is InChI=1S/C17H22N2O3.ClH/c1-3-14-13(12-6-4-5-7-15(12)22-14)11-19(2)17(20)16-10-18-8-9-21-16;/h4-7,16,18H,3,8-11H2,1-2H3;1H. The van der Waals surface area contributed by atoms with Crippen molar-refractivity contribution < 1.29 is 13.9 Å². The van der Waals surface area contributed by atoms with Gasteiger partial charge < -0.3 is 19.4 Å². The second kappa shape index (κ2) is 7.81. The highest BCUT2D eigenvalue weighted by Crippen LogP contribution is 2.27. The van der Waals surface area contributed by atoms with Gasteiger partial charge in [0.25, 0.3) is 5.91 Å². The Labute approximate surface area is 142 Å². The third-order valence-corrected chi connectivity index (χ3v) is 4.08. The normalized spacial score (nSPS) is 17.7. The number of nitrogens with one attached hydrogen (secondary N) is 1. The molecule has 1 amide bonds. The molecule has 1 fully saturated rings. The summed E-state index contributed by atoms with van der Waals surface area (Å²) in [6.45, 7) is 4.57. The first kappa shape index (κ1) is 17.8. The zero-order valence-electron chi connectivity index (χ0n) is 13.5. The Kier molecular flexibility index (Phi) is 6.04. The lowest BCUT2D eigenvalue weighted by molar-refractivity contribution is -0.144. The maximum absolute atomic E-state index is 12.5. The molecule has 0 bridgehead atoms. The summed E-state index contributed by atoms with van der Waals surface area (Å²) in [5, 5.41) is 4.28. The first-order valence-corrected chi connectivity index (χ1v) is 7.77. The van der Waals surface area contributed by atoms with Crippen LogP contribution in [-0.4, -0.2) is 43.7 Å². The van der Waals surface area contributed by atoms with Gasteiger partial charge in [-0.2, -0.15) is 0 Å². The number of amides is 1. The Morgan fingerprint density at radius 2 is 2.17 bits per heavy atom. The molecule has 1 saturated heterocycles. The molecule has 0 saturated carbocycles. The monoisotopic (exact) mass is 338 g/mol. The molecule has 5 nitrogen and oxygen atoms in total. The number of carbonyl (C=O) groups is 1. The van der Waals surface area contributed by atoms with Crippen LogP contribution in [-0.2, 0) is 22.5 Å². The first-order chi connectivity index (χ1) is 10.7. The van der Waals surface area contributed by atoms with E-state index < -0.39 is 0 Å². The first-order valence-electron chi connectivity index (χ1n) is 7.77. The van der Waals surface area contributed by atoms with Crippen molar-refractivity contribution in [1.82, 2.24) is 10.2 Å². The van der Waals surface area contributed by atoms with E-state index in [2.05, 4.69) is 12.2 Å². The summed E-state index contributed by atoms with van der Waals surface area (Å²) in [6, 6.07) is 7.97. The summed E-state index contributed by atoms with van der Waals surface area (Å²) >= 11 is 0. The molecule has 3 rings (SSSR count). The van der Waals surface area contributed by atoms with Crippen molar-refractivity contribution >= 4 is 29.3 Å². The van der Waals surface area contributed by atoms with E-state index in [1.165, 1.54) is 0 Å². The van der Waals surface area contributed by atoms with E-state index in [1.807, 2.05) is 31.3 Å². The molecule has 2 aromatic rings. The van der Waals surface area contributed by atoms with E-state index >= 15 is 0 Å². The molecule has 0 aliphatic carbocycles. The van der Waals surface area contributed by atoms with Crippen LogP contribution in [0.1, 0.15) is 18.2 Å². The number of para-hydroxylation sites is 1. The highest BCUT2D eigenvalue weighted by molar-refractivity contribution is 5.85. The number of morpholine rings is 1. The van der Waals surface area contributed by atoms with Crippen molar-refractivity contribution in [2.24, 2.45) is 0 Å². The molecular formula is C17H23ClN2O3. The van der Waals surface area contributed by atoms with Gasteiger partial charge in [-0.25, -0.2) is 0 Å². The van der Waals surface area contributed by atoms with Crippen LogP contribution in [0.4, 0.5) is 0 Å². The molecule has 1 aromatic heterocycles. The number of rotatable bonds is 4. The van der Waals surface area contributed by atoms with Gasteiger partial charge in [0.05, 0.1) is 6.61 Å². The smallest absolute Gasteiger partial charge is 0.253 e. The zero-order valence-corrected chi connectivity index (χ0v) is 14.3. The molecule has 6 heteroatoms. The van der Waals surface area contributed by atoms with Crippen molar-refractivity contribution in [3.63, 3.8) is 0 Å². The predicted octanol–water partition coefficient (Wildman–Crippen LogP) is 2.36. The van der Waals surface area contributed by atoms with Crippen LogP contribution in [0.5, 0.6) is 0 Å². The Morgan fingerprint density at radius 3 is 2.87 bits per heavy atom. The zero-order chi connectivity index (χ0) is 15.5. The van der Waals surface area contributed by atoms with Crippen LogP contribution in [0.25, 0.3) is 11.0 Å². The maximum Gasteiger partial charge on any atom is 0.253 e. The third-order valence-electron chi connectivity index (χ3n) is 4.08. The van der Waals surface area contributed by atoms with Gasteiger partial charge in [-0.3, -0.25) is 4.79 Å². The summed E-state index contributed by atoms with van der Waals surface area (Å²) in [5.41, 5.74) is 1.98. The van der Waals surface area contributed by atoms with E-state index in [1.54, 1.807) is 4.90 Å². The highest BCUT2D eigenvalue weighted by atomic mass is 35.5.